The standard InChI is InChI=1S/C25H37NO4/c1-2-26(19-27)17-9-4-3-8-12-22-23(25(30)18-24(22)29)16-15-21(28)14-13-20-10-6-5-7-11-20/h3,5-8,10-11,15-16,19,21-25,28-30H,2,4,9,12-14,17-18H2,1H3/p+1/b8-3-,16-15+/t21-,22+,23+,24-,25+/m0/s1. The molecule has 1 amide bonds. The second kappa shape index (κ2) is 13.5. The van der Waals surface area contributed by atoms with Crippen molar-refractivity contribution in [2.75, 3.05) is 13.1 Å². The van der Waals surface area contributed by atoms with Crippen LogP contribution in [0, 0.1) is 11.8 Å². The molecule has 0 saturated heterocycles. The molecule has 0 aromatic heterocycles. The van der Waals surface area contributed by atoms with Crippen LogP contribution in [-0.4, -0.2) is 53.1 Å². The van der Waals surface area contributed by atoms with Crippen molar-refractivity contribution in [3.8, 4) is 0 Å². The summed E-state index contributed by atoms with van der Waals surface area (Å²) in [7, 11) is 0. The summed E-state index contributed by atoms with van der Waals surface area (Å²) in [4.78, 5) is 11.8. The van der Waals surface area contributed by atoms with Gasteiger partial charge in [-0.05, 0) is 44.1 Å². The van der Waals surface area contributed by atoms with Gasteiger partial charge in [0.05, 0.1) is 31.4 Å². The summed E-state index contributed by atoms with van der Waals surface area (Å²) < 4.78 is 0. The first-order valence-corrected chi connectivity index (χ1v) is 11.3. The third-order valence-electron chi connectivity index (χ3n) is 6.11. The number of carbonyl (C=O) groups excluding carboxylic acids is 1. The van der Waals surface area contributed by atoms with Crippen LogP contribution in [0.25, 0.3) is 0 Å². The predicted octanol–water partition coefficient (Wildman–Crippen LogP) is 1.68. The van der Waals surface area contributed by atoms with Gasteiger partial charge in [-0.15, -0.1) is 0 Å². The lowest BCUT2D eigenvalue weighted by atomic mass is 9.89. The number of unbranched alkanes of at least 4 members (excludes halogenated alkanes) is 1. The van der Waals surface area contributed by atoms with Gasteiger partial charge < -0.3 is 15.3 Å². The highest BCUT2D eigenvalue weighted by Gasteiger charge is 2.39. The number of amides is 1. The Bertz CT molecular complexity index is 660. The number of benzene rings is 1. The van der Waals surface area contributed by atoms with E-state index in [9.17, 15) is 20.1 Å². The average molecular weight is 417 g/mol. The number of allylic oxidation sites excluding steroid dienone is 2. The van der Waals surface area contributed by atoms with Gasteiger partial charge in [-0.25, -0.2) is 4.79 Å². The molecule has 1 aromatic rings. The van der Waals surface area contributed by atoms with Crippen molar-refractivity contribution in [2.45, 2.75) is 63.8 Å². The lowest BCUT2D eigenvalue weighted by Crippen LogP contribution is -3.10. The highest BCUT2D eigenvalue weighted by atomic mass is 16.3. The van der Waals surface area contributed by atoms with Gasteiger partial charge in [0.2, 0.25) is 0 Å². The topological polar surface area (TPSA) is 82.2 Å². The zero-order valence-corrected chi connectivity index (χ0v) is 18.1. The highest BCUT2D eigenvalue weighted by molar-refractivity contribution is 5.33. The van der Waals surface area contributed by atoms with Crippen LogP contribution in [0.1, 0.15) is 44.6 Å². The largest absolute Gasteiger partial charge is 0.393 e. The van der Waals surface area contributed by atoms with Crippen LogP contribution in [0.3, 0.4) is 0 Å². The molecule has 0 bridgehead atoms. The zero-order chi connectivity index (χ0) is 21.8. The minimum absolute atomic E-state index is 0.0402. The monoisotopic (exact) mass is 416 g/mol. The van der Waals surface area contributed by atoms with Crippen molar-refractivity contribution in [1.29, 1.82) is 0 Å². The summed E-state index contributed by atoms with van der Waals surface area (Å²) in [5, 5.41) is 31.0. The second-order valence-corrected chi connectivity index (χ2v) is 8.32. The summed E-state index contributed by atoms with van der Waals surface area (Å²) in [6.07, 6.45) is 11.5. The first-order chi connectivity index (χ1) is 14.5. The van der Waals surface area contributed by atoms with Crippen LogP contribution in [0.5, 0.6) is 0 Å². The molecule has 0 radical (unpaired) electrons. The molecule has 0 aliphatic heterocycles. The zero-order valence-electron chi connectivity index (χ0n) is 18.1. The van der Waals surface area contributed by atoms with Gasteiger partial charge in [0, 0.05) is 18.8 Å². The van der Waals surface area contributed by atoms with E-state index in [0.29, 0.717) is 19.3 Å². The summed E-state index contributed by atoms with van der Waals surface area (Å²) in [6, 6.07) is 10.1. The Morgan fingerprint density at radius 3 is 2.63 bits per heavy atom. The normalized spacial score (nSPS) is 26.4. The molecule has 30 heavy (non-hydrogen) atoms. The number of aryl methyl sites for hydroxylation is 1. The van der Waals surface area contributed by atoms with E-state index in [-0.39, 0.29) is 11.8 Å². The molecular weight excluding hydrogens is 378 g/mol. The number of quaternary nitrogens is 1. The van der Waals surface area contributed by atoms with Gasteiger partial charge in [0.25, 0.3) is 6.41 Å². The van der Waals surface area contributed by atoms with Crippen molar-refractivity contribution >= 4 is 6.41 Å². The maximum absolute atomic E-state index is 10.8. The van der Waals surface area contributed by atoms with Gasteiger partial charge in [0.1, 0.15) is 0 Å². The fourth-order valence-corrected chi connectivity index (χ4v) is 4.16. The number of hydrogen-bond acceptors (Lipinski definition) is 4. The van der Waals surface area contributed by atoms with Crippen LogP contribution in [-0.2, 0) is 11.2 Å². The quantitative estimate of drug-likeness (QED) is 0.224. The fourth-order valence-electron chi connectivity index (χ4n) is 4.16. The predicted molar refractivity (Wildman–Crippen MR) is 119 cm³/mol. The van der Waals surface area contributed by atoms with Gasteiger partial charge >= 0.3 is 0 Å². The van der Waals surface area contributed by atoms with Crippen molar-refractivity contribution in [2.24, 2.45) is 11.8 Å². The third-order valence-corrected chi connectivity index (χ3v) is 6.11. The molecule has 1 aliphatic rings. The van der Waals surface area contributed by atoms with Crippen LogP contribution >= 0.6 is 0 Å². The second-order valence-electron chi connectivity index (χ2n) is 8.32. The van der Waals surface area contributed by atoms with Gasteiger partial charge in [-0.2, -0.15) is 0 Å². The van der Waals surface area contributed by atoms with Gasteiger partial charge in [0.15, 0.2) is 0 Å². The number of hydrogen-bond donors (Lipinski definition) is 4. The van der Waals surface area contributed by atoms with E-state index in [2.05, 4.69) is 24.3 Å². The first kappa shape index (κ1) is 24.5. The Morgan fingerprint density at radius 1 is 1.17 bits per heavy atom. The Hall–Kier alpha value is -1.79. The van der Waals surface area contributed by atoms with Crippen molar-refractivity contribution in [3.63, 3.8) is 0 Å². The Balaban J connectivity index is 1.79. The first-order valence-electron chi connectivity index (χ1n) is 11.3. The summed E-state index contributed by atoms with van der Waals surface area (Å²) >= 11 is 0. The van der Waals surface area contributed by atoms with Crippen LogP contribution in [0.4, 0.5) is 0 Å². The van der Waals surface area contributed by atoms with E-state index >= 15 is 0 Å². The third kappa shape index (κ3) is 8.15. The van der Waals surface area contributed by atoms with Crippen molar-refractivity contribution in [3.05, 3.63) is 60.2 Å². The number of aliphatic hydroxyl groups is 3. The summed E-state index contributed by atoms with van der Waals surface area (Å²) in [5.74, 6) is -0.187. The molecule has 1 aliphatic carbocycles. The number of carbonyl (C=O) groups is 1. The van der Waals surface area contributed by atoms with Crippen molar-refractivity contribution in [1.82, 2.24) is 0 Å². The summed E-state index contributed by atoms with van der Waals surface area (Å²) in [5.41, 5.74) is 1.20. The van der Waals surface area contributed by atoms with E-state index < -0.39 is 18.3 Å². The average Bonchev–Trinajstić information content (AvgIpc) is 3.03. The minimum atomic E-state index is -0.578. The molecule has 5 nitrogen and oxygen atoms in total. The number of rotatable bonds is 13. The molecule has 1 saturated carbocycles. The molecule has 1 fully saturated rings. The molecule has 4 N–H and O–H groups in total. The Morgan fingerprint density at radius 2 is 1.93 bits per heavy atom. The van der Waals surface area contributed by atoms with E-state index in [0.717, 1.165) is 43.7 Å². The minimum Gasteiger partial charge on any atom is -0.393 e. The molecule has 0 heterocycles. The Kier molecular flexibility index (Phi) is 11.0. The number of nitrogens with one attached hydrogen (secondary N) is 1. The summed E-state index contributed by atoms with van der Waals surface area (Å²) in [6.45, 7) is 3.64. The van der Waals surface area contributed by atoms with E-state index in [1.54, 1.807) is 6.08 Å². The lowest BCUT2D eigenvalue weighted by molar-refractivity contribution is -0.808. The molecule has 0 spiro atoms. The van der Waals surface area contributed by atoms with E-state index in [1.165, 1.54) is 5.56 Å². The molecule has 1 aromatic carbocycles. The molecule has 5 heteroatoms. The van der Waals surface area contributed by atoms with Crippen LogP contribution in [0.2, 0.25) is 0 Å². The van der Waals surface area contributed by atoms with Crippen LogP contribution < -0.4 is 4.90 Å². The van der Waals surface area contributed by atoms with E-state index in [4.69, 9.17) is 0 Å². The van der Waals surface area contributed by atoms with E-state index in [1.807, 2.05) is 31.2 Å². The van der Waals surface area contributed by atoms with Crippen molar-refractivity contribution < 1.29 is 25.0 Å². The Labute approximate surface area is 180 Å². The lowest BCUT2D eigenvalue weighted by Gasteiger charge is -2.19. The highest BCUT2D eigenvalue weighted by Crippen LogP contribution is 2.36. The fraction of sp³-hybridized carbons (Fsp3) is 0.560. The molecule has 166 valence electrons. The maximum atomic E-state index is 10.8. The molecular formula is C25H38NO4+. The van der Waals surface area contributed by atoms with Gasteiger partial charge in [-0.3, -0.25) is 4.90 Å². The SMILES string of the molecule is CC[NH+](C=O)CCC/C=C\C[C@@H]1[C@@H](/C=C/[C@@H](O)CCc2ccccc2)[C@H](O)C[C@@H]1O. The molecule has 2 rings (SSSR count). The molecule has 1 unspecified atom stereocenters. The van der Waals surface area contributed by atoms with Gasteiger partial charge in [-0.1, -0.05) is 54.6 Å². The number of aliphatic hydroxyl groups excluding tert-OH is 3. The maximum Gasteiger partial charge on any atom is 0.299 e. The van der Waals surface area contributed by atoms with Crippen LogP contribution in [0.15, 0.2) is 54.6 Å². The smallest absolute Gasteiger partial charge is 0.299 e. The molecule has 6 atom stereocenters.